The van der Waals surface area contributed by atoms with Gasteiger partial charge < -0.3 is 13.9 Å². The molecule has 0 amide bonds. The van der Waals surface area contributed by atoms with Gasteiger partial charge in [0.2, 0.25) is 0 Å². The maximum atomic E-state index is 13.6. The summed E-state index contributed by atoms with van der Waals surface area (Å²) in [5.74, 6) is -0.269. The van der Waals surface area contributed by atoms with Gasteiger partial charge in [-0.2, -0.15) is 0 Å². The van der Waals surface area contributed by atoms with Crippen LogP contribution >= 0.6 is 0 Å². The van der Waals surface area contributed by atoms with E-state index in [1.807, 2.05) is 57.2 Å². The Hall–Kier alpha value is -3.72. The van der Waals surface area contributed by atoms with E-state index in [2.05, 4.69) is 9.55 Å². The largest absolute Gasteiger partial charge is 0.376 e. The number of aromatic nitrogens is 5. The number of aryl methyl sites for hydroxylation is 2. The summed E-state index contributed by atoms with van der Waals surface area (Å²) < 4.78 is 12.1. The number of carbonyl (C=O) groups is 1. The average Bonchev–Trinajstić information content (AvgIpc) is 3.61. The van der Waals surface area contributed by atoms with Crippen LogP contribution < -0.4 is 11.2 Å². The van der Waals surface area contributed by atoms with Crippen molar-refractivity contribution in [2.24, 2.45) is 0 Å². The number of rotatable bonds is 8. The van der Waals surface area contributed by atoms with Crippen LogP contribution in [0.3, 0.4) is 0 Å². The van der Waals surface area contributed by atoms with Crippen molar-refractivity contribution < 1.29 is 9.53 Å². The summed E-state index contributed by atoms with van der Waals surface area (Å²) in [6.07, 6.45) is 3.76. The number of ether oxygens (including phenoxy) is 1. The van der Waals surface area contributed by atoms with E-state index in [1.54, 1.807) is 10.9 Å². The van der Waals surface area contributed by atoms with Crippen LogP contribution in [0.2, 0.25) is 0 Å². The van der Waals surface area contributed by atoms with Crippen molar-refractivity contribution >= 4 is 16.9 Å². The molecule has 9 heteroatoms. The highest BCUT2D eigenvalue weighted by atomic mass is 16.5. The Balaban J connectivity index is 1.55. The van der Waals surface area contributed by atoms with Gasteiger partial charge in [-0.1, -0.05) is 30.3 Å². The summed E-state index contributed by atoms with van der Waals surface area (Å²) in [5.41, 5.74) is 2.82. The Kier molecular flexibility index (Phi) is 6.49. The molecule has 0 spiro atoms. The van der Waals surface area contributed by atoms with Crippen molar-refractivity contribution in [2.45, 2.75) is 65.9 Å². The topological polar surface area (TPSA) is 93.1 Å². The summed E-state index contributed by atoms with van der Waals surface area (Å²) in [6, 6.07) is 11.4. The summed E-state index contributed by atoms with van der Waals surface area (Å²) in [7, 11) is 0. The predicted octanol–water partition coefficient (Wildman–Crippen LogP) is 2.91. The molecule has 0 saturated carbocycles. The average molecular weight is 490 g/mol. The number of ketones is 1. The van der Waals surface area contributed by atoms with Crippen LogP contribution in [0.15, 0.2) is 52.3 Å². The van der Waals surface area contributed by atoms with E-state index in [9.17, 15) is 14.4 Å². The molecule has 4 heterocycles. The van der Waals surface area contributed by atoms with Crippen LogP contribution in [-0.4, -0.2) is 41.7 Å². The molecule has 0 radical (unpaired) electrons. The van der Waals surface area contributed by atoms with E-state index in [-0.39, 0.29) is 25.0 Å². The molecule has 0 unspecified atom stereocenters. The molecule has 1 atom stereocenters. The number of carbonyl (C=O) groups excluding carboxylic acids is 1. The van der Waals surface area contributed by atoms with E-state index in [0.717, 1.165) is 41.0 Å². The van der Waals surface area contributed by atoms with Crippen LogP contribution in [-0.2, 0) is 30.9 Å². The molecule has 4 aromatic rings. The first kappa shape index (κ1) is 24.0. The minimum absolute atomic E-state index is 0.141. The molecule has 0 bridgehead atoms. The van der Waals surface area contributed by atoms with Gasteiger partial charge in [0.05, 0.1) is 25.5 Å². The number of fused-ring (bicyclic) bond motifs is 1. The molecule has 1 fully saturated rings. The van der Waals surface area contributed by atoms with Gasteiger partial charge in [0.1, 0.15) is 0 Å². The molecule has 5 rings (SSSR count). The molecule has 36 heavy (non-hydrogen) atoms. The Morgan fingerprint density at radius 2 is 1.89 bits per heavy atom. The minimum Gasteiger partial charge on any atom is -0.376 e. The molecular formula is C27H31N5O4. The zero-order valence-corrected chi connectivity index (χ0v) is 20.9. The van der Waals surface area contributed by atoms with Gasteiger partial charge in [0, 0.05) is 36.6 Å². The third-order valence-corrected chi connectivity index (χ3v) is 7.09. The van der Waals surface area contributed by atoms with Crippen molar-refractivity contribution in [3.05, 3.63) is 86.1 Å². The number of imidazole rings is 1. The first-order valence-electron chi connectivity index (χ1n) is 12.4. The van der Waals surface area contributed by atoms with Gasteiger partial charge in [-0.15, -0.1) is 0 Å². The molecule has 188 valence electrons. The zero-order chi connectivity index (χ0) is 25.4. The lowest BCUT2D eigenvalue weighted by Crippen LogP contribution is -2.42. The monoisotopic (exact) mass is 489 g/mol. The third kappa shape index (κ3) is 4.24. The van der Waals surface area contributed by atoms with E-state index in [1.165, 1.54) is 4.57 Å². The number of Topliss-reactive ketones (excluding diaryl/α,β-unsaturated/α-hetero) is 1. The fraction of sp³-hybridized carbons (Fsp3) is 0.407. The maximum absolute atomic E-state index is 13.6. The lowest BCUT2D eigenvalue weighted by Gasteiger charge is -2.15. The fourth-order valence-corrected chi connectivity index (χ4v) is 5.11. The predicted molar refractivity (Wildman–Crippen MR) is 137 cm³/mol. The van der Waals surface area contributed by atoms with Crippen LogP contribution in [0, 0.1) is 13.8 Å². The van der Waals surface area contributed by atoms with Crippen LogP contribution in [0.1, 0.15) is 47.1 Å². The first-order valence-corrected chi connectivity index (χ1v) is 12.4. The molecule has 1 aliphatic rings. The second-order valence-corrected chi connectivity index (χ2v) is 9.40. The molecule has 1 aromatic carbocycles. The number of hydrogen-bond donors (Lipinski definition) is 0. The SMILES string of the molecule is CCn1cnc2c1c(=O)n(CC(=O)c1cc(C)n(C[C@@H]3CCCO3)c1C)c(=O)n2Cc1ccccc1. The molecule has 0 N–H and O–H groups in total. The lowest BCUT2D eigenvalue weighted by atomic mass is 10.1. The summed E-state index contributed by atoms with van der Waals surface area (Å²) in [5, 5.41) is 0. The van der Waals surface area contributed by atoms with Gasteiger partial charge in [-0.25, -0.2) is 9.78 Å². The number of benzene rings is 1. The Morgan fingerprint density at radius 1 is 1.11 bits per heavy atom. The van der Waals surface area contributed by atoms with E-state index in [0.29, 0.717) is 29.8 Å². The van der Waals surface area contributed by atoms with E-state index >= 15 is 0 Å². The minimum atomic E-state index is -0.542. The normalized spacial score (nSPS) is 15.7. The summed E-state index contributed by atoms with van der Waals surface area (Å²) >= 11 is 0. The highest BCUT2D eigenvalue weighted by molar-refractivity contribution is 5.97. The van der Waals surface area contributed by atoms with Gasteiger partial charge in [-0.3, -0.25) is 18.7 Å². The summed E-state index contributed by atoms with van der Waals surface area (Å²) in [6.45, 7) is 7.67. The molecule has 1 saturated heterocycles. The number of hydrogen-bond acceptors (Lipinski definition) is 5. The van der Waals surface area contributed by atoms with E-state index < -0.39 is 11.2 Å². The van der Waals surface area contributed by atoms with Gasteiger partial charge >= 0.3 is 5.69 Å². The van der Waals surface area contributed by atoms with Crippen molar-refractivity contribution in [2.75, 3.05) is 6.61 Å². The standard InChI is InChI=1S/C27H31N5O4/c1-4-29-17-28-25-24(29)26(34)32(27(35)31(25)14-20-9-6-5-7-10-20)16-23(33)22-13-18(2)30(19(22)3)15-21-11-8-12-36-21/h5-7,9-10,13,17,21H,4,8,11-12,14-16H2,1-3H3/t21-/m0/s1. The second kappa shape index (κ2) is 9.73. The van der Waals surface area contributed by atoms with Gasteiger partial charge in [-0.05, 0) is 45.2 Å². The van der Waals surface area contributed by atoms with Crippen LogP contribution in [0.4, 0.5) is 0 Å². The van der Waals surface area contributed by atoms with Crippen molar-refractivity contribution in [3.63, 3.8) is 0 Å². The maximum Gasteiger partial charge on any atom is 0.333 e. The number of nitrogens with zero attached hydrogens (tertiary/aromatic N) is 5. The molecular weight excluding hydrogens is 458 g/mol. The quantitative estimate of drug-likeness (QED) is 0.355. The van der Waals surface area contributed by atoms with Crippen molar-refractivity contribution in [1.29, 1.82) is 0 Å². The lowest BCUT2D eigenvalue weighted by molar-refractivity contribution is 0.0947. The van der Waals surface area contributed by atoms with Gasteiger partial charge in [0.25, 0.3) is 5.56 Å². The Labute approximate surface area is 208 Å². The zero-order valence-electron chi connectivity index (χ0n) is 20.9. The van der Waals surface area contributed by atoms with Gasteiger partial charge in [0.15, 0.2) is 16.9 Å². The third-order valence-electron chi connectivity index (χ3n) is 7.09. The molecule has 1 aliphatic heterocycles. The summed E-state index contributed by atoms with van der Waals surface area (Å²) in [4.78, 5) is 44.9. The fourth-order valence-electron chi connectivity index (χ4n) is 5.11. The van der Waals surface area contributed by atoms with Crippen molar-refractivity contribution in [3.8, 4) is 0 Å². The molecule has 9 nitrogen and oxygen atoms in total. The Bertz CT molecular complexity index is 1530. The Morgan fingerprint density at radius 3 is 2.58 bits per heavy atom. The smallest absolute Gasteiger partial charge is 0.333 e. The van der Waals surface area contributed by atoms with Crippen molar-refractivity contribution in [1.82, 2.24) is 23.3 Å². The van der Waals surface area contributed by atoms with Crippen LogP contribution in [0.5, 0.6) is 0 Å². The highest BCUT2D eigenvalue weighted by Crippen LogP contribution is 2.21. The van der Waals surface area contributed by atoms with Crippen LogP contribution in [0.25, 0.3) is 11.2 Å². The first-order chi connectivity index (χ1) is 17.4. The molecule has 3 aromatic heterocycles. The molecule has 0 aliphatic carbocycles. The van der Waals surface area contributed by atoms with E-state index in [4.69, 9.17) is 4.74 Å². The highest BCUT2D eigenvalue weighted by Gasteiger charge is 2.24. The second-order valence-electron chi connectivity index (χ2n) is 9.40.